The normalized spacial score (nSPS) is 14.3. The van der Waals surface area contributed by atoms with Gasteiger partial charge in [0.1, 0.15) is 19.3 Å². The van der Waals surface area contributed by atoms with Crippen molar-refractivity contribution < 1.29 is 80.2 Å². The Labute approximate surface area is 596 Å². The molecule has 3 N–H and O–H groups in total. The molecule has 0 spiro atoms. The van der Waals surface area contributed by atoms with E-state index in [1.54, 1.807) is 0 Å². The van der Waals surface area contributed by atoms with Gasteiger partial charge in [0, 0.05) is 25.7 Å². The topological polar surface area (TPSA) is 237 Å². The van der Waals surface area contributed by atoms with Crippen LogP contribution in [0, 0.1) is 0 Å². The first-order chi connectivity index (χ1) is 47.7. The van der Waals surface area contributed by atoms with Gasteiger partial charge in [-0.1, -0.05) is 287 Å². The Morgan fingerprint density at radius 3 is 0.857 bits per heavy atom. The van der Waals surface area contributed by atoms with Gasteiger partial charge in [0.2, 0.25) is 0 Å². The molecule has 5 atom stereocenters. The van der Waals surface area contributed by atoms with Crippen LogP contribution in [0.3, 0.4) is 0 Å². The number of unbranched alkanes of at least 4 members (excludes halogenated alkanes) is 36. The first kappa shape index (κ1) is 94.5. The van der Waals surface area contributed by atoms with Crippen molar-refractivity contribution in [1.82, 2.24) is 0 Å². The van der Waals surface area contributed by atoms with Crippen molar-refractivity contribution in [3.05, 3.63) is 72.9 Å². The number of phosphoric acid groups is 2. The summed E-state index contributed by atoms with van der Waals surface area (Å²) in [6.07, 6.45) is 71.7. The highest BCUT2D eigenvalue weighted by molar-refractivity contribution is 7.47. The predicted octanol–water partition coefficient (Wildman–Crippen LogP) is 22.4. The Morgan fingerprint density at radius 1 is 0.296 bits per heavy atom. The maximum Gasteiger partial charge on any atom is 0.472 e. The van der Waals surface area contributed by atoms with Crippen LogP contribution in [-0.4, -0.2) is 96.7 Å². The van der Waals surface area contributed by atoms with E-state index in [0.717, 1.165) is 154 Å². The Bertz CT molecular complexity index is 2140. The Hall–Kier alpha value is -3.50. The molecule has 570 valence electrons. The molecular formula is C79H142O17P2. The van der Waals surface area contributed by atoms with Gasteiger partial charge in [0.15, 0.2) is 12.2 Å². The lowest BCUT2D eigenvalue weighted by Crippen LogP contribution is -2.30. The lowest BCUT2D eigenvalue weighted by molar-refractivity contribution is -0.161. The molecule has 0 aromatic carbocycles. The van der Waals surface area contributed by atoms with Crippen LogP contribution in [0.4, 0.5) is 0 Å². The first-order valence-electron chi connectivity index (χ1n) is 39.2. The number of allylic oxidation sites excluding steroid dienone is 12. The number of aliphatic hydroxyl groups is 1. The standard InChI is InChI=1S/C79H142O17P2/c1-5-9-13-17-21-25-29-32-35-36-39-41-45-48-52-56-60-64-77(82)89-69-74(95-78(83)65-61-57-53-49-43-28-24-20-16-12-8-4)71-93-97(85,86)91-67-73(80)68-92-98(87,88)94-72-75(96-79(84)66-62-58-54-50-46-42-38-34-31-27-23-19-15-11-7-3)70-90-76(81)63-59-55-51-47-44-40-37-33-30-26-22-18-14-10-6-2/h9,13,20-21,24-25,32-33,35,37,39,41,73-75,80H,5-8,10-12,14-19,22-23,26-31,34,36,38,40,42-72H2,1-4H3,(H,85,86)(H,87,88)/b13-9-,24-20-,25-21-,35-32-,37-33-,41-39-. The minimum atomic E-state index is -4.98. The Morgan fingerprint density at radius 2 is 0.541 bits per heavy atom. The second-order valence-electron chi connectivity index (χ2n) is 26.3. The highest BCUT2D eigenvalue weighted by Gasteiger charge is 2.30. The summed E-state index contributed by atoms with van der Waals surface area (Å²) < 4.78 is 68.5. The molecule has 0 aliphatic heterocycles. The first-order valence-corrected chi connectivity index (χ1v) is 42.2. The molecule has 0 aromatic heterocycles. The van der Waals surface area contributed by atoms with E-state index in [1.165, 1.54) is 116 Å². The fourth-order valence-corrected chi connectivity index (χ4v) is 12.2. The third-order valence-electron chi connectivity index (χ3n) is 16.7. The van der Waals surface area contributed by atoms with Gasteiger partial charge in [0.05, 0.1) is 26.4 Å². The van der Waals surface area contributed by atoms with Gasteiger partial charge in [-0.15, -0.1) is 0 Å². The van der Waals surface area contributed by atoms with Gasteiger partial charge < -0.3 is 33.8 Å². The number of carbonyl (C=O) groups excluding carboxylic acids is 4. The summed E-state index contributed by atoms with van der Waals surface area (Å²) in [6.45, 7) is 4.72. The SMILES string of the molecule is CC/C=C\C/C=C\C/C=C\C/C=C\CCCCCCC(=O)OCC(COP(=O)(O)OCC(O)COP(=O)(O)OCC(COC(=O)CCCCCCC/C=C\CCCCCCCC)OC(=O)CCCCCCCCCCCCCCCCC)OC(=O)CCCCCCC/C=C\CCCC. The highest BCUT2D eigenvalue weighted by atomic mass is 31.2. The molecule has 0 saturated carbocycles. The summed E-state index contributed by atoms with van der Waals surface area (Å²) in [5, 5.41) is 10.6. The van der Waals surface area contributed by atoms with Crippen molar-refractivity contribution >= 4 is 39.5 Å². The highest BCUT2D eigenvalue weighted by Crippen LogP contribution is 2.45. The minimum absolute atomic E-state index is 0.0807. The monoisotopic (exact) mass is 1420 g/mol. The number of aliphatic hydroxyl groups excluding tert-OH is 1. The smallest absolute Gasteiger partial charge is 0.462 e. The molecule has 0 amide bonds. The van der Waals surface area contributed by atoms with E-state index in [0.29, 0.717) is 25.7 Å². The molecule has 98 heavy (non-hydrogen) atoms. The number of phosphoric ester groups is 2. The van der Waals surface area contributed by atoms with Crippen molar-refractivity contribution in [2.45, 2.75) is 367 Å². The maximum absolute atomic E-state index is 13.1. The average Bonchev–Trinajstić information content (AvgIpc) is 0.986. The third-order valence-corrected chi connectivity index (χ3v) is 18.6. The zero-order valence-corrected chi connectivity index (χ0v) is 64.0. The van der Waals surface area contributed by atoms with E-state index < -0.39 is 97.5 Å². The summed E-state index contributed by atoms with van der Waals surface area (Å²) >= 11 is 0. The largest absolute Gasteiger partial charge is 0.472 e. The lowest BCUT2D eigenvalue weighted by atomic mass is 10.0. The number of hydrogen-bond acceptors (Lipinski definition) is 15. The molecule has 17 nitrogen and oxygen atoms in total. The van der Waals surface area contributed by atoms with E-state index in [1.807, 2.05) is 0 Å². The molecule has 0 bridgehead atoms. The molecule has 0 saturated heterocycles. The van der Waals surface area contributed by atoms with E-state index in [-0.39, 0.29) is 25.7 Å². The van der Waals surface area contributed by atoms with Gasteiger partial charge >= 0.3 is 39.5 Å². The number of ether oxygens (including phenoxy) is 4. The maximum atomic E-state index is 13.1. The molecule has 19 heteroatoms. The summed E-state index contributed by atoms with van der Waals surface area (Å²) in [6, 6.07) is 0. The number of hydrogen-bond donors (Lipinski definition) is 3. The minimum Gasteiger partial charge on any atom is -0.462 e. The second kappa shape index (κ2) is 71.9. The lowest BCUT2D eigenvalue weighted by Gasteiger charge is -2.21. The van der Waals surface area contributed by atoms with Crippen LogP contribution in [0.15, 0.2) is 72.9 Å². The van der Waals surface area contributed by atoms with Gasteiger partial charge in [-0.3, -0.25) is 37.3 Å². The third kappa shape index (κ3) is 70.9. The Balaban J connectivity index is 5.32. The van der Waals surface area contributed by atoms with Crippen LogP contribution in [0.2, 0.25) is 0 Å². The van der Waals surface area contributed by atoms with Crippen molar-refractivity contribution in [1.29, 1.82) is 0 Å². The van der Waals surface area contributed by atoms with E-state index in [9.17, 15) is 43.2 Å². The molecule has 0 aliphatic rings. The summed E-state index contributed by atoms with van der Waals surface area (Å²) in [5.41, 5.74) is 0. The van der Waals surface area contributed by atoms with Crippen molar-refractivity contribution in [3.63, 3.8) is 0 Å². The van der Waals surface area contributed by atoms with E-state index in [4.69, 9.17) is 37.0 Å². The van der Waals surface area contributed by atoms with Crippen LogP contribution >= 0.6 is 15.6 Å². The van der Waals surface area contributed by atoms with Crippen LogP contribution in [0.1, 0.15) is 349 Å². The van der Waals surface area contributed by atoms with Crippen molar-refractivity contribution in [2.75, 3.05) is 39.6 Å². The molecule has 0 aromatic rings. The van der Waals surface area contributed by atoms with Gasteiger partial charge in [-0.25, -0.2) is 9.13 Å². The molecule has 5 unspecified atom stereocenters. The van der Waals surface area contributed by atoms with Crippen LogP contribution in [0.5, 0.6) is 0 Å². The van der Waals surface area contributed by atoms with Crippen molar-refractivity contribution in [3.8, 4) is 0 Å². The predicted molar refractivity (Wildman–Crippen MR) is 400 cm³/mol. The zero-order valence-electron chi connectivity index (χ0n) is 62.2. The average molecular weight is 1430 g/mol. The van der Waals surface area contributed by atoms with Gasteiger partial charge in [-0.2, -0.15) is 0 Å². The molecule has 0 aliphatic carbocycles. The molecular weight excluding hydrogens is 1280 g/mol. The van der Waals surface area contributed by atoms with Crippen LogP contribution < -0.4 is 0 Å². The number of carbonyl (C=O) groups is 4. The van der Waals surface area contributed by atoms with Gasteiger partial charge in [0.25, 0.3) is 0 Å². The van der Waals surface area contributed by atoms with Gasteiger partial charge in [-0.05, 0) is 109 Å². The zero-order chi connectivity index (χ0) is 71.8. The summed E-state index contributed by atoms with van der Waals surface area (Å²) in [5.74, 6) is -2.19. The number of esters is 4. The summed E-state index contributed by atoms with van der Waals surface area (Å²) in [4.78, 5) is 72.9. The molecule has 0 rings (SSSR count). The molecule has 0 radical (unpaired) electrons. The second-order valence-corrected chi connectivity index (χ2v) is 29.2. The van der Waals surface area contributed by atoms with Crippen LogP contribution in [-0.2, 0) is 65.4 Å². The molecule has 0 fully saturated rings. The quantitative estimate of drug-likeness (QED) is 0.0169. The fraction of sp³-hybridized carbons (Fsp3) is 0.797. The Kier molecular flexibility index (Phi) is 69.3. The van der Waals surface area contributed by atoms with Crippen molar-refractivity contribution in [2.24, 2.45) is 0 Å². The fourth-order valence-electron chi connectivity index (χ4n) is 10.7. The van der Waals surface area contributed by atoms with Crippen LogP contribution in [0.25, 0.3) is 0 Å². The van der Waals surface area contributed by atoms with E-state index >= 15 is 0 Å². The number of rotatable bonds is 74. The van der Waals surface area contributed by atoms with E-state index in [2.05, 4.69) is 101 Å². The molecule has 0 heterocycles. The summed E-state index contributed by atoms with van der Waals surface area (Å²) in [7, 11) is -9.95.